The number of nitrogens with zero attached hydrogens (tertiary/aromatic N) is 2. The molecule has 4 amide bonds. The predicted molar refractivity (Wildman–Crippen MR) is 134 cm³/mol. The van der Waals surface area contributed by atoms with E-state index in [4.69, 9.17) is 0 Å². The maximum absolute atomic E-state index is 13.3. The van der Waals surface area contributed by atoms with Gasteiger partial charge in [-0.1, -0.05) is 50.2 Å². The minimum absolute atomic E-state index is 0.0814. The summed E-state index contributed by atoms with van der Waals surface area (Å²) < 4.78 is 0. The number of anilines is 1. The molecule has 35 heavy (non-hydrogen) atoms. The number of hydrogen-bond acceptors (Lipinski definition) is 6. The first-order valence-electron chi connectivity index (χ1n) is 11.3. The molecule has 1 aliphatic heterocycles. The van der Waals surface area contributed by atoms with E-state index in [1.54, 1.807) is 24.3 Å². The summed E-state index contributed by atoms with van der Waals surface area (Å²) in [4.78, 5) is 55.9. The molecule has 0 fully saturated rings. The zero-order valence-corrected chi connectivity index (χ0v) is 20.5. The van der Waals surface area contributed by atoms with Gasteiger partial charge in [0.05, 0.1) is 16.8 Å². The summed E-state index contributed by atoms with van der Waals surface area (Å²) in [5.74, 6) is -1.36. The number of fused-ring (bicyclic) bond motifs is 1. The minimum atomic E-state index is -0.942. The first-order valence-corrected chi connectivity index (χ1v) is 12.2. The van der Waals surface area contributed by atoms with E-state index in [0.29, 0.717) is 34.9 Å². The lowest BCUT2D eigenvalue weighted by molar-refractivity contribution is -0.120. The van der Waals surface area contributed by atoms with Crippen molar-refractivity contribution in [3.05, 3.63) is 70.6 Å². The summed E-state index contributed by atoms with van der Waals surface area (Å²) in [7, 11) is 0. The molecule has 2 N–H and O–H groups in total. The van der Waals surface area contributed by atoms with Gasteiger partial charge in [0.2, 0.25) is 11.8 Å². The molecular formula is C26H26N4O4S. The van der Waals surface area contributed by atoms with Crippen molar-refractivity contribution < 1.29 is 19.2 Å². The maximum Gasteiger partial charge on any atom is 0.262 e. The largest absolute Gasteiger partial charge is 0.352 e. The highest BCUT2D eigenvalue weighted by Crippen LogP contribution is 2.29. The van der Waals surface area contributed by atoms with Gasteiger partial charge in [-0.2, -0.15) is 0 Å². The third-order valence-electron chi connectivity index (χ3n) is 5.66. The van der Waals surface area contributed by atoms with Gasteiger partial charge in [-0.3, -0.25) is 24.1 Å². The van der Waals surface area contributed by atoms with Gasteiger partial charge in [0.25, 0.3) is 11.8 Å². The van der Waals surface area contributed by atoms with Crippen LogP contribution >= 0.6 is 11.3 Å². The highest BCUT2D eigenvalue weighted by Gasteiger charge is 2.42. The number of aromatic nitrogens is 1. The van der Waals surface area contributed by atoms with Gasteiger partial charge in [-0.05, 0) is 30.0 Å². The molecule has 3 aromatic rings. The molecule has 0 spiro atoms. The molecule has 1 atom stereocenters. The van der Waals surface area contributed by atoms with Crippen molar-refractivity contribution in [1.29, 1.82) is 0 Å². The van der Waals surface area contributed by atoms with Gasteiger partial charge in [-0.15, -0.1) is 11.3 Å². The van der Waals surface area contributed by atoms with E-state index in [9.17, 15) is 19.2 Å². The van der Waals surface area contributed by atoms with Gasteiger partial charge >= 0.3 is 0 Å². The summed E-state index contributed by atoms with van der Waals surface area (Å²) in [6.07, 6.45) is 0.339. The van der Waals surface area contributed by atoms with Crippen molar-refractivity contribution in [2.45, 2.75) is 39.8 Å². The average Bonchev–Trinajstić information content (AvgIpc) is 3.39. The van der Waals surface area contributed by atoms with Crippen LogP contribution in [0.3, 0.4) is 0 Å². The second-order valence-corrected chi connectivity index (χ2v) is 9.66. The molecule has 0 aliphatic carbocycles. The molecule has 4 rings (SSSR count). The van der Waals surface area contributed by atoms with Crippen molar-refractivity contribution >= 4 is 40.1 Å². The Balaban J connectivity index is 1.49. The lowest BCUT2D eigenvalue weighted by Gasteiger charge is -2.26. The Labute approximate surface area is 207 Å². The monoisotopic (exact) mass is 490 g/mol. The number of amides is 4. The standard InChI is InChI=1S/C26H26N4O4S/c1-15(2)12-22(30-24(33)19-6-4-5-7-20(19)25(30)34)23(32)29-26-28-21(14-35-26)18-10-8-17(9-11-18)13-27-16(3)31/h4-11,14-15,22H,12-13H2,1-3H3,(H,27,31)(H,28,29,32). The van der Waals surface area contributed by atoms with Crippen molar-refractivity contribution in [3.63, 3.8) is 0 Å². The molecule has 0 radical (unpaired) electrons. The van der Waals surface area contributed by atoms with E-state index in [1.165, 1.54) is 18.3 Å². The Morgan fingerprint density at radius 3 is 2.20 bits per heavy atom. The summed E-state index contributed by atoms with van der Waals surface area (Å²) in [5.41, 5.74) is 3.16. The number of carbonyl (C=O) groups is 4. The molecule has 2 heterocycles. The van der Waals surface area contributed by atoms with E-state index in [2.05, 4.69) is 15.6 Å². The number of thiazole rings is 1. The van der Waals surface area contributed by atoms with Gasteiger partial charge in [0, 0.05) is 24.4 Å². The van der Waals surface area contributed by atoms with Gasteiger partial charge in [-0.25, -0.2) is 4.98 Å². The number of carbonyl (C=O) groups excluding carboxylic acids is 4. The highest BCUT2D eigenvalue weighted by atomic mass is 32.1. The van der Waals surface area contributed by atoms with Crippen LogP contribution < -0.4 is 10.6 Å². The van der Waals surface area contributed by atoms with E-state index in [-0.39, 0.29) is 11.8 Å². The van der Waals surface area contributed by atoms with Crippen LogP contribution in [-0.4, -0.2) is 39.6 Å². The molecule has 1 aromatic heterocycles. The lowest BCUT2D eigenvalue weighted by atomic mass is 10.0. The fourth-order valence-corrected chi connectivity index (χ4v) is 4.66. The van der Waals surface area contributed by atoms with Crippen molar-refractivity contribution in [2.24, 2.45) is 5.92 Å². The van der Waals surface area contributed by atoms with E-state index in [1.807, 2.05) is 43.5 Å². The molecule has 9 heteroatoms. The molecule has 1 unspecified atom stereocenters. The Morgan fingerprint density at radius 1 is 1.00 bits per heavy atom. The van der Waals surface area contributed by atoms with Crippen LogP contribution in [0.25, 0.3) is 11.3 Å². The Morgan fingerprint density at radius 2 is 1.63 bits per heavy atom. The second-order valence-electron chi connectivity index (χ2n) is 8.81. The number of rotatable bonds is 8. The molecule has 0 saturated carbocycles. The summed E-state index contributed by atoms with van der Waals surface area (Å²) >= 11 is 1.27. The topological polar surface area (TPSA) is 108 Å². The number of nitrogens with one attached hydrogen (secondary N) is 2. The van der Waals surface area contributed by atoms with Crippen molar-refractivity contribution in [1.82, 2.24) is 15.2 Å². The fourth-order valence-electron chi connectivity index (χ4n) is 3.94. The quantitative estimate of drug-likeness (QED) is 0.462. The Bertz CT molecular complexity index is 1250. The van der Waals surface area contributed by atoms with Gasteiger partial charge in [0.1, 0.15) is 6.04 Å². The molecule has 8 nitrogen and oxygen atoms in total. The fraction of sp³-hybridized carbons (Fsp3) is 0.269. The normalized spacial score (nSPS) is 13.7. The van der Waals surface area contributed by atoms with Crippen LogP contribution in [0.4, 0.5) is 5.13 Å². The van der Waals surface area contributed by atoms with E-state index in [0.717, 1.165) is 16.0 Å². The second kappa shape index (κ2) is 10.2. The van der Waals surface area contributed by atoms with Crippen LogP contribution in [-0.2, 0) is 16.1 Å². The van der Waals surface area contributed by atoms with E-state index >= 15 is 0 Å². The molecular weight excluding hydrogens is 464 g/mol. The third-order valence-corrected chi connectivity index (χ3v) is 6.42. The van der Waals surface area contributed by atoms with Crippen LogP contribution in [0.1, 0.15) is 53.5 Å². The minimum Gasteiger partial charge on any atom is -0.352 e. The number of imide groups is 1. The molecule has 1 aliphatic rings. The first-order chi connectivity index (χ1) is 16.7. The molecule has 180 valence electrons. The van der Waals surface area contributed by atoms with Gasteiger partial charge < -0.3 is 10.6 Å². The summed E-state index contributed by atoms with van der Waals surface area (Å²) in [6.45, 7) is 5.80. The molecule has 0 bridgehead atoms. The highest BCUT2D eigenvalue weighted by molar-refractivity contribution is 7.14. The zero-order valence-electron chi connectivity index (χ0n) is 19.7. The third kappa shape index (κ3) is 5.30. The van der Waals surface area contributed by atoms with Crippen molar-refractivity contribution in [3.8, 4) is 11.3 Å². The molecule has 0 saturated heterocycles. The molecule has 2 aromatic carbocycles. The van der Waals surface area contributed by atoms with Crippen LogP contribution in [0.15, 0.2) is 53.9 Å². The van der Waals surface area contributed by atoms with Crippen LogP contribution in [0.2, 0.25) is 0 Å². The Hall–Kier alpha value is -3.85. The summed E-state index contributed by atoms with van der Waals surface area (Å²) in [6, 6.07) is 13.3. The smallest absolute Gasteiger partial charge is 0.262 e. The zero-order chi connectivity index (χ0) is 25.1. The van der Waals surface area contributed by atoms with Crippen LogP contribution in [0.5, 0.6) is 0 Å². The SMILES string of the molecule is CC(=O)NCc1ccc(-c2csc(NC(=O)C(CC(C)C)N3C(=O)c4ccccc4C3=O)n2)cc1. The van der Waals surface area contributed by atoms with Gasteiger partial charge in [0.15, 0.2) is 5.13 Å². The predicted octanol–water partition coefficient (Wildman–Crippen LogP) is 4.10. The average molecular weight is 491 g/mol. The first kappa shape index (κ1) is 24.3. The van der Waals surface area contributed by atoms with Crippen LogP contribution in [0, 0.1) is 5.92 Å². The Kier molecular flexibility index (Phi) is 7.07. The van der Waals surface area contributed by atoms with E-state index < -0.39 is 23.8 Å². The number of benzene rings is 2. The maximum atomic E-state index is 13.3. The summed E-state index contributed by atoms with van der Waals surface area (Å²) in [5, 5.41) is 7.77. The lowest BCUT2D eigenvalue weighted by Crippen LogP contribution is -2.47. The van der Waals surface area contributed by atoms with Crippen molar-refractivity contribution in [2.75, 3.05) is 5.32 Å². The number of hydrogen-bond donors (Lipinski definition) is 2.